The number of rotatable bonds is 37. The highest BCUT2D eigenvalue weighted by Crippen LogP contribution is 2.44. The van der Waals surface area contributed by atoms with Crippen molar-refractivity contribution in [1.29, 1.82) is 0 Å². The van der Waals surface area contributed by atoms with Gasteiger partial charge in [0.25, 0.3) is 0 Å². The highest BCUT2D eigenvalue weighted by molar-refractivity contribution is 7.47. The van der Waals surface area contributed by atoms with Crippen LogP contribution in [0.5, 0.6) is 0 Å². The Morgan fingerprint density at radius 2 is 1.28 bits per heavy atom. The molecular weight excluding hydrogens is 870 g/mol. The molecule has 0 spiro atoms. The molecule has 0 aliphatic heterocycles. The summed E-state index contributed by atoms with van der Waals surface area (Å²) < 4.78 is 47.7. The van der Waals surface area contributed by atoms with Crippen LogP contribution in [0.2, 0.25) is 0 Å². The van der Waals surface area contributed by atoms with Crippen molar-refractivity contribution in [2.45, 2.75) is 154 Å². The first-order valence-corrected chi connectivity index (χ1v) is 25.6. The van der Waals surface area contributed by atoms with Crippen LogP contribution in [-0.2, 0) is 41.8 Å². The molecule has 0 radical (unpaired) electrons. The van der Waals surface area contributed by atoms with Gasteiger partial charge in [0.2, 0.25) is 0 Å². The van der Waals surface area contributed by atoms with Crippen LogP contribution in [-0.4, -0.2) is 104 Å². The number of phosphoric acid groups is 2. The number of esters is 2. The molecule has 16 nitrogen and oxygen atoms in total. The van der Waals surface area contributed by atoms with Crippen LogP contribution in [0.4, 0.5) is 0 Å². The lowest BCUT2D eigenvalue weighted by molar-refractivity contribution is -0.160. The molecule has 1 aliphatic rings. The van der Waals surface area contributed by atoms with Crippen LogP contribution in [0.15, 0.2) is 85.1 Å². The van der Waals surface area contributed by atoms with E-state index in [2.05, 4.69) is 83.7 Å². The maximum atomic E-state index is 12.8. The second kappa shape index (κ2) is 36.3. The first-order valence-electron chi connectivity index (χ1n) is 22.5. The van der Waals surface area contributed by atoms with E-state index in [4.69, 9.17) is 23.8 Å². The largest absolute Gasteiger partial charge is 0.472 e. The lowest BCUT2D eigenvalue weighted by atomic mass is 9.89. The van der Waals surface area contributed by atoms with E-state index in [1.807, 2.05) is 0 Å². The summed E-state index contributed by atoms with van der Waals surface area (Å²) in [6.07, 6.45) is 34.2. The molecule has 64 heavy (non-hydrogen) atoms. The zero-order chi connectivity index (χ0) is 47.5. The summed E-state index contributed by atoms with van der Waals surface area (Å²) in [7, 11) is -9.83. The number of carbonyl (C=O) groups is 2. The summed E-state index contributed by atoms with van der Waals surface area (Å²) >= 11 is 0. The second-order valence-electron chi connectivity index (χ2n) is 15.6. The number of hydrogen-bond acceptors (Lipinski definition) is 13. The molecule has 8 atom stereocenters. The number of carbonyl (C=O) groups excluding carboxylic acids is 2. The predicted octanol–water partition coefficient (Wildman–Crippen LogP) is 7.94. The number of ether oxygens (including phenoxy) is 2. The number of aliphatic hydroxyl groups is 4. The van der Waals surface area contributed by atoms with E-state index in [0.717, 1.165) is 70.6 Å². The summed E-state index contributed by atoms with van der Waals surface area (Å²) in [4.78, 5) is 53.0. The fourth-order valence-electron chi connectivity index (χ4n) is 6.41. The third-order valence-electron chi connectivity index (χ3n) is 9.86. The number of unbranched alkanes of at least 4 members (excludes halogenated alkanes) is 5. The molecule has 1 aliphatic carbocycles. The summed E-state index contributed by atoms with van der Waals surface area (Å²) in [5.74, 6) is -2.14. The molecule has 7 N–H and O–H groups in total. The van der Waals surface area contributed by atoms with E-state index in [9.17, 15) is 44.0 Å². The van der Waals surface area contributed by atoms with Gasteiger partial charge in [-0.1, -0.05) is 125 Å². The molecule has 0 aromatic carbocycles. The Morgan fingerprint density at radius 1 is 0.672 bits per heavy atom. The SMILES string of the molecule is CC/C=C\C/C=C\C/C=C\C/C=C\C/C=C\CCCCCC(=O)OC[C@H](COP(=O)(O)OC[C@@H](O)COP(=O)(O)O)OC(=O)C/C=C\C[C@H]1[C@@H](/C=C/[C@H](O)CCCCC)[C@H](O)C[C@@H]1O. The van der Waals surface area contributed by atoms with Gasteiger partial charge in [-0.05, 0) is 70.1 Å². The van der Waals surface area contributed by atoms with Gasteiger partial charge >= 0.3 is 27.6 Å². The average Bonchev–Trinajstić information content (AvgIpc) is 3.52. The highest BCUT2D eigenvalue weighted by atomic mass is 31.2. The third kappa shape index (κ3) is 32.8. The maximum Gasteiger partial charge on any atom is 0.472 e. The highest BCUT2D eigenvalue weighted by Gasteiger charge is 2.39. The van der Waals surface area contributed by atoms with Crippen molar-refractivity contribution < 1.29 is 76.9 Å². The van der Waals surface area contributed by atoms with Gasteiger partial charge < -0.3 is 44.6 Å². The van der Waals surface area contributed by atoms with Crippen LogP contribution in [0.1, 0.15) is 123 Å². The molecule has 1 saturated carbocycles. The van der Waals surface area contributed by atoms with Gasteiger partial charge in [0, 0.05) is 18.8 Å². The Morgan fingerprint density at radius 3 is 1.91 bits per heavy atom. The van der Waals surface area contributed by atoms with Gasteiger partial charge in [-0.2, -0.15) is 0 Å². The Kier molecular flexibility index (Phi) is 33.6. The monoisotopic (exact) mass is 946 g/mol. The van der Waals surface area contributed by atoms with Crippen LogP contribution < -0.4 is 0 Å². The summed E-state index contributed by atoms with van der Waals surface area (Å²) in [5.41, 5.74) is 0. The van der Waals surface area contributed by atoms with E-state index in [1.165, 1.54) is 6.08 Å². The van der Waals surface area contributed by atoms with Crippen molar-refractivity contribution in [1.82, 2.24) is 0 Å². The summed E-state index contributed by atoms with van der Waals surface area (Å²) in [6, 6.07) is 0. The molecule has 0 amide bonds. The molecule has 0 heterocycles. The zero-order valence-electron chi connectivity index (χ0n) is 37.7. The van der Waals surface area contributed by atoms with E-state index < -0.39 is 90.4 Å². The van der Waals surface area contributed by atoms with E-state index >= 15 is 0 Å². The number of phosphoric ester groups is 2. The number of allylic oxidation sites excluding steroid dienone is 11. The molecule has 1 unspecified atom stereocenters. The van der Waals surface area contributed by atoms with Crippen molar-refractivity contribution in [3.63, 3.8) is 0 Å². The van der Waals surface area contributed by atoms with Gasteiger partial charge in [-0.25, -0.2) is 9.13 Å². The van der Waals surface area contributed by atoms with Crippen LogP contribution in [0.3, 0.4) is 0 Å². The maximum absolute atomic E-state index is 12.8. The molecule has 0 bridgehead atoms. The first-order chi connectivity index (χ1) is 30.6. The number of aliphatic hydroxyl groups excluding tert-OH is 4. The van der Waals surface area contributed by atoms with Gasteiger partial charge in [0.15, 0.2) is 6.10 Å². The molecular formula is C46H76O16P2. The molecule has 366 valence electrons. The molecule has 1 fully saturated rings. The van der Waals surface area contributed by atoms with E-state index in [-0.39, 0.29) is 25.2 Å². The van der Waals surface area contributed by atoms with Crippen LogP contribution in [0, 0.1) is 11.8 Å². The minimum Gasteiger partial charge on any atom is -0.462 e. The Bertz CT molecular complexity index is 1570. The van der Waals surface area contributed by atoms with Gasteiger partial charge in [0.1, 0.15) is 12.7 Å². The minimum absolute atomic E-state index is 0.0851. The van der Waals surface area contributed by atoms with Crippen molar-refractivity contribution >= 4 is 27.6 Å². The van der Waals surface area contributed by atoms with Crippen LogP contribution >= 0.6 is 15.6 Å². The molecule has 18 heteroatoms. The normalized spacial score (nSPS) is 21.1. The van der Waals surface area contributed by atoms with Gasteiger partial charge in [-0.3, -0.25) is 23.2 Å². The van der Waals surface area contributed by atoms with E-state index in [1.54, 1.807) is 18.2 Å². The predicted molar refractivity (Wildman–Crippen MR) is 245 cm³/mol. The van der Waals surface area contributed by atoms with Crippen molar-refractivity contribution in [3.8, 4) is 0 Å². The zero-order valence-corrected chi connectivity index (χ0v) is 39.5. The summed E-state index contributed by atoms with van der Waals surface area (Å²) in [5, 5.41) is 41.2. The number of hydrogen-bond donors (Lipinski definition) is 7. The second-order valence-corrected chi connectivity index (χ2v) is 18.3. The third-order valence-corrected chi connectivity index (χ3v) is 11.3. The van der Waals surface area contributed by atoms with Crippen molar-refractivity contribution in [2.24, 2.45) is 11.8 Å². The summed E-state index contributed by atoms with van der Waals surface area (Å²) in [6.45, 7) is 1.11. The lowest BCUT2D eigenvalue weighted by Crippen LogP contribution is -2.29. The topological polar surface area (TPSA) is 256 Å². The van der Waals surface area contributed by atoms with Crippen molar-refractivity contribution in [2.75, 3.05) is 26.4 Å². The Labute approximate surface area is 380 Å². The molecule has 1 rings (SSSR count). The smallest absolute Gasteiger partial charge is 0.462 e. The Balaban J connectivity index is 2.63. The molecule has 0 saturated heterocycles. The first kappa shape index (κ1) is 59.2. The van der Waals surface area contributed by atoms with E-state index in [0.29, 0.717) is 19.3 Å². The minimum atomic E-state index is -4.92. The molecule has 0 aromatic heterocycles. The lowest BCUT2D eigenvalue weighted by Gasteiger charge is -2.20. The van der Waals surface area contributed by atoms with Crippen molar-refractivity contribution in [3.05, 3.63) is 85.1 Å². The standard InChI is InChI=1S/C46H76O16P2/c1-3-5-7-8-9-10-11-12-13-14-15-16-17-18-19-20-21-22-24-29-45(51)58-36-40(37-61-64(56,57)60-35-39(48)34-59-63(53,54)55)62-46(52)30-26-25-28-41-42(44(50)33-43(41)49)32-31-38(47)27-23-6-4-2/h5,7,9-10,12-13,15-16,18-19,25-26,31-32,38-44,47-50H,3-4,6,8,11,14,17,20-24,27-30,33-37H2,1-2H3,(H,56,57)(H2,53,54,55)/b7-5-,10-9-,13-12-,16-15-,19-18-,26-25-,32-31+/t38-,39+,40-,41+,42-,43+,44-/m1/s1. The Hall–Kier alpha value is -2.82. The van der Waals surface area contributed by atoms with Gasteiger partial charge in [-0.15, -0.1) is 0 Å². The fraction of sp³-hybridized carbons (Fsp3) is 0.652. The van der Waals surface area contributed by atoms with Crippen LogP contribution in [0.25, 0.3) is 0 Å². The quantitative estimate of drug-likeness (QED) is 0.0135. The molecule has 0 aromatic rings. The fourth-order valence-corrected chi connectivity index (χ4v) is 7.56. The van der Waals surface area contributed by atoms with Gasteiger partial charge in [0.05, 0.1) is 44.6 Å². The average molecular weight is 947 g/mol.